The van der Waals surface area contributed by atoms with E-state index in [1.807, 2.05) is 0 Å². The third kappa shape index (κ3) is 1.97. The molecular formula is C15H18I2. The van der Waals surface area contributed by atoms with Crippen LogP contribution >= 0.6 is 45.2 Å². The number of fused-ring (bicyclic) bond motifs is 3. The van der Waals surface area contributed by atoms with Crippen molar-refractivity contribution in [2.45, 2.75) is 33.1 Å². The summed E-state index contributed by atoms with van der Waals surface area (Å²) in [5.41, 5.74) is 2.19. The molecule has 1 saturated carbocycles. The minimum atomic E-state index is 0.442. The zero-order valence-corrected chi connectivity index (χ0v) is 14.7. The fraction of sp³-hybridized carbons (Fsp3) is 0.600. The molecule has 3 aliphatic rings. The lowest BCUT2D eigenvalue weighted by molar-refractivity contribution is 0.203. The van der Waals surface area contributed by atoms with Crippen molar-refractivity contribution in [1.82, 2.24) is 0 Å². The van der Waals surface area contributed by atoms with Crippen LogP contribution in [0, 0.1) is 23.2 Å². The van der Waals surface area contributed by atoms with Crippen LogP contribution in [0.25, 0.3) is 0 Å². The highest BCUT2D eigenvalue weighted by Crippen LogP contribution is 2.61. The molecular weight excluding hydrogens is 434 g/mol. The van der Waals surface area contributed by atoms with Gasteiger partial charge in [0.15, 0.2) is 0 Å². The van der Waals surface area contributed by atoms with E-state index >= 15 is 0 Å². The van der Waals surface area contributed by atoms with Crippen LogP contribution in [0.5, 0.6) is 0 Å². The van der Waals surface area contributed by atoms with Crippen LogP contribution < -0.4 is 0 Å². The lowest BCUT2D eigenvalue weighted by Crippen LogP contribution is -2.27. The Hall–Kier alpha value is 0.680. The molecule has 0 aromatic carbocycles. The Morgan fingerprint density at radius 3 is 2.71 bits per heavy atom. The quantitative estimate of drug-likeness (QED) is 0.418. The van der Waals surface area contributed by atoms with Crippen LogP contribution in [-0.2, 0) is 0 Å². The minimum Gasteiger partial charge on any atom is -0.0710 e. The first-order chi connectivity index (χ1) is 8.00. The molecule has 92 valence electrons. The zero-order valence-electron chi connectivity index (χ0n) is 10.3. The smallest absolute Gasteiger partial charge is 0.00879 e. The van der Waals surface area contributed by atoms with Gasteiger partial charge in [0.25, 0.3) is 0 Å². The van der Waals surface area contributed by atoms with Crippen LogP contribution in [0.2, 0.25) is 0 Å². The van der Waals surface area contributed by atoms with Crippen molar-refractivity contribution in [3.63, 3.8) is 0 Å². The third-order valence-electron chi connectivity index (χ3n) is 4.93. The van der Waals surface area contributed by atoms with E-state index in [-0.39, 0.29) is 0 Å². The first kappa shape index (κ1) is 12.7. The van der Waals surface area contributed by atoms with Gasteiger partial charge in [0.2, 0.25) is 0 Å². The van der Waals surface area contributed by atoms with Crippen LogP contribution in [0.1, 0.15) is 33.1 Å². The van der Waals surface area contributed by atoms with Crippen LogP contribution in [-0.4, -0.2) is 0 Å². The van der Waals surface area contributed by atoms with Gasteiger partial charge < -0.3 is 0 Å². The second-order valence-corrected chi connectivity index (χ2v) is 8.91. The van der Waals surface area contributed by atoms with E-state index in [1.54, 1.807) is 9.15 Å². The normalized spacial score (nSPS) is 38.8. The van der Waals surface area contributed by atoms with E-state index in [1.165, 1.54) is 22.8 Å². The lowest BCUT2D eigenvalue weighted by atomic mass is 9.71. The van der Waals surface area contributed by atoms with E-state index in [4.69, 9.17) is 0 Å². The minimum absolute atomic E-state index is 0.442. The van der Waals surface area contributed by atoms with E-state index in [0.717, 1.165) is 17.8 Å². The molecule has 0 radical (unpaired) electrons. The molecule has 17 heavy (non-hydrogen) atoms. The van der Waals surface area contributed by atoms with Crippen molar-refractivity contribution in [3.05, 3.63) is 31.0 Å². The Kier molecular flexibility index (Phi) is 3.26. The van der Waals surface area contributed by atoms with E-state index in [2.05, 4.69) is 77.3 Å². The summed E-state index contributed by atoms with van der Waals surface area (Å²) in [7, 11) is 0. The van der Waals surface area contributed by atoms with Gasteiger partial charge in [0, 0.05) is 0 Å². The first-order valence-corrected chi connectivity index (χ1v) is 8.58. The Morgan fingerprint density at radius 2 is 1.94 bits per heavy atom. The number of hydrogen-bond donors (Lipinski definition) is 0. The summed E-state index contributed by atoms with van der Waals surface area (Å²) < 4.78 is 3.11. The fourth-order valence-corrected chi connectivity index (χ4v) is 5.28. The molecule has 3 atom stereocenters. The molecule has 0 aliphatic heterocycles. The molecule has 0 heterocycles. The summed E-state index contributed by atoms with van der Waals surface area (Å²) >= 11 is 5.04. The molecule has 3 aliphatic carbocycles. The lowest BCUT2D eigenvalue weighted by Gasteiger charge is -2.34. The van der Waals surface area contributed by atoms with E-state index < -0.39 is 0 Å². The number of hydrogen-bond acceptors (Lipinski definition) is 0. The average molecular weight is 452 g/mol. The zero-order chi connectivity index (χ0) is 12.2. The van der Waals surface area contributed by atoms with Gasteiger partial charge in [-0.3, -0.25) is 0 Å². The molecule has 0 saturated heterocycles. The average Bonchev–Trinajstić information content (AvgIpc) is 2.49. The Balaban J connectivity index is 2.05. The standard InChI is InChI=1S/C15H18I2/c1-15(2)13-7-9(16)3-5-11(13)12-6-4-10(17)8-14(12)15/h3,5,8,12-14H,4,6-7H2,1-2H3/t12?,13-,14?/m1/s1. The van der Waals surface area contributed by atoms with Gasteiger partial charge >= 0.3 is 0 Å². The molecule has 2 heteroatoms. The first-order valence-electron chi connectivity index (χ1n) is 6.42. The maximum absolute atomic E-state index is 2.57. The van der Waals surface area contributed by atoms with Crippen molar-refractivity contribution in [1.29, 1.82) is 0 Å². The van der Waals surface area contributed by atoms with Crippen molar-refractivity contribution in [2.75, 3.05) is 0 Å². The number of rotatable bonds is 0. The van der Waals surface area contributed by atoms with E-state index in [0.29, 0.717) is 5.41 Å². The molecule has 0 nitrogen and oxygen atoms in total. The SMILES string of the molecule is CC1(C)C2C=C(I)CCC2C2=CC=C(I)C[C@H]21. The molecule has 0 N–H and O–H groups in total. The molecule has 0 amide bonds. The number of allylic oxidation sites excluding steroid dienone is 6. The largest absolute Gasteiger partial charge is 0.0710 e. The van der Waals surface area contributed by atoms with Gasteiger partial charge in [-0.25, -0.2) is 0 Å². The Labute approximate surface area is 131 Å². The molecule has 0 spiro atoms. The molecule has 2 unspecified atom stereocenters. The summed E-state index contributed by atoms with van der Waals surface area (Å²) in [6.45, 7) is 4.97. The van der Waals surface area contributed by atoms with E-state index in [9.17, 15) is 0 Å². The Bertz CT molecular complexity index is 440. The maximum Gasteiger partial charge on any atom is -0.00879 e. The van der Waals surface area contributed by atoms with Crippen molar-refractivity contribution < 1.29 is 0 Å². The highest BCUT2D eigenvalue weighted by molar-refractivity contribution is 14.1. The van der Waals surface area contributed by atoms with Gasteiger partial charge in [0.05, 0.1) is 0 Å². The van der Waals surface area contributed by atoms with Gasteiger partial charge in [-0.05, 0) is 94.8 Å². The summed E-state index contributed by atoms with van der Waals surface area (Å²) in [4.78, 5) is 0. The molecule has 0 bridgehead atoms. The highest BCUT2D eigenvalue weighted by atomic mass is 127. The topological polar surface area (TPSA) is 0 Å². The fourth-order valence-electron chi connectivity index (χ4n) is 3.97. The molecule has 1 fully saturated rings. The van der Waals surface area contributed by atoms with Crippen molar-refractivity contribution >= 4 is 45.2 Å². The number of halogens is 2. The Morgan fingerprint density at radius 1 is 1.18 bits per heavy atom. The summed E-state index contributed by atoms with van der Waals surface area (Å²) in [5, 5.41) is 0. The van der Waals surface area contributed by atoms with Crippen LogP contribution in [0.4, 0.5) is 0 Å². The predicted molar refractivity (Wildman–Crippen MR) is 90.4 cm³/mol. The van der Waals surface area contributed by atoms with Gasteiger partial charge in [0.1, 0.15) is 0 Å². The maximum atomic E-state index is 2.57. The van der Waals surface area contributed by atoms with Gasteiger partial charge in [-0.2, -0.15) is 0 Å². The summed E-state index contributed by atoms with van der Waals surface area (Å²) in [5.74, 6) is 2.39. The highest BCUT2D eigenvalue weighted by Gasteiger charge is 2.52. The second-order valence-electron chi connectivity index (χ2n) is 6.14. The van der Waals surface area contributed by atoms with Crippen LogP contribution in [0.3, 0.4) is 0 Å². The second kappa shape index (κ2) is 4.36. The molecule has 3 rings (SSSR count). The molecule has 0 aromatic rings. The van der Waals surface area contributed by atoms with Crippen molar-refractivity contribution in [3.8, 4) is 0 Å². The monoisotopic (exact) mass is 452 g/mol. The third-order valence-corrected chi connectivity index (χ3v) is 6.63. The van der Waals surface area contributed by atoms with Gasteiger partial charge in [-0.1, -0.05) is 37.6 Å². The summed E-state index contributed by atoms with van der Waals surface area (Å²) in [6.07, 6.45) is 11.3. The summed E-state index contributed by atoms with van der Waals surface area (Å²) in [6, 6.07) is 0. The van der Waals surface area contributed by atoms with Crippen LogP contribution in [0.15, 0.2) is 31.0 Å². The predicted octanol–water partition coefficient (Wildman–Crippen LogP) is 5.64. The molecule has 0 aromatic heterocycles. The van der Waals surface area contributed by atoms with Crippen molar-refractivity contribution in [2.24, 2.45) is 23.2 Å². The van der Waals surface area contributed by atoms with Gasteiger partial charge in [-0.15, -0.1) is 0 Å².